The Hall–Kier alpha value is -3.43. The van der Waals surface area contributed by atoms with E-state index in [9.17, 15) is 27.2 Å². The normalized spacial score (nSPS) is 11.9. The molecule has 0 aliphatic heterocycles. The van der Waals surface area contributed by atoms with Crippen LogP contribution in [0, 0.1) is 5.82 Å². The average Bonchev–Trinajstić information content (AvgIpc) is 2.72. The number of guanidine groups is 1. The van der Waals surface area contributed by atoms with Gasteiger partial charge in [0.25, 0.3) is 0 Å². The first-order valence-electron chi connectivity index (χ1n) is 9.27. The smallest absolute Gasteiger partial charge is 0.325 e. The van der Waals surface area contributed by atoms with Crippen LogP contribution in [-0.4, -0.2) is 41.3 Å². The predicted octanol–water partition coefficient (Wildman–Crippen LogP) is 4.54. The number of alkyl halides is 3. The van der Waals surface area contributed by atoms with E-state index in [1.165, 1.54) is 29.2 Å². The van der Waals surface area contributed by atoms with Crippen LogP contribution in [0.4, 0.5) is 28.0 Å². The van der Waals surface area contributed by atoms with Crippen LogP contribution in [0.15, 0.2) is 53.5 Å². The Labute approximate surface area is 177 Å². The summed E-state index contributed by atoms with van der Waals surface area (Å²) in [7, 11) is 1.54. The Morgan fingerprint density at radius 1 is 1.10 bits per heavy atom. The van der Waals surface area contributed by atoms with Gasteiger partial charge < -0.3 is 4.90 Å². The van der Waals surface area contributed by atoms with Gasteiger partial charge in [-0.3, -0.25) is 15.0 Å². The number of rotatable bonds is 5. The summed E-state index contributed by atoms with van der Waals surface area (Å²) in [5.74, 6) is -0.636. The summed E-state index contributed by atoms with van der Waals surface area (Å²) in [6.07, 6.45) is -4.08. The Morgan fingerprint density at radius 2 is 1.68 bits per heavy atom. The van der Waals surface area contributed by atoms with Crippen molar-refractivity contribution in [1.29, 1.82) is 0 Å². The third-order valence-electron chi connectivity index (χ3n) is 4.41. The molecule has 0 spiro atoms. The maximum Gasteiger partial charge on any atom is 0.416 e. The van der Waals surface area contributed by atoms with Gasteiger partial charge in [0.2, 0.25) is 12.4 Å². The molecule has 0 saturated carbocycles. The van der Waals surface area contributed by atoms with E-state index < -0.39 is 23.6 Å². The Balaban J connectivity index is 2.38. The van der Waals surface area contributed by atoms with Gasteiger partial charge in [-0.25, -0.2) is 14.2 Å². The number of benzene rings is 2. The first kappa shape index (κ1) is 23.8. The molecule has 0 bridgehead atoms. The van der Waals surface area contributed by atoms with E-state index in [4.69, 9.17) is 0 Å². The molecule has 2 aromatic rings. The third-order valence-corrected chi connectivity index (χ3v) is 4.41. The largest absolute Gasteiger partial charge is 0.416 e. The molecule has 0 aromatic heterocycles. The SMILES string of the molecule is CC(C)N(C)C(=O)NC(=Nc1ccc(C(F)(F)F)cc1)N(C=O)Cc1ccc(F)cc1. The molecule has 0 unspecified atom stereocenters. The molecule has 166 valence electrons. The van der Waals surface area contributed by atoms with Crippen molar-refractivity contribution in [2.24, 2.45) is 4.99 Å². The molecular weight excluding hydrogens is 416 g/mol. The summed E-state index contributed by atoms with van der Waals surface area (Å²) < 4.78 is 51.5. The summed E-state index contributed by atoms with van der Waals surface area (Å²) in [5.41, 5.74) is -0.198. The van der Waals surface area contributed by atoms with Crippen LogP contribution < -0.4 is 5.32 Å². The minimum absolute atomic E-state index is 0.0467. The van der Waals surface area contributed by atoms with Gasteiger partial charge in [0.05, 0.1) is 17.8 Å². The molecule has 2 rings (SSSR count). The van der Waals surface area contributed by atoms with E-state index in [2.05, 4.69) is 10.3 Å². The van der Waals surface area contributed by atoms with Gasteiger partial charge in [0.1, 0.15) is 5.82 Å². The predicted molar refractivity (Wildman–Crippen MR) is 108 cm³/mol. The number of carbonyl (C=O) groups excluding carboxylic acids is 2. The second kappa shape index (κ2) is 10.1. The van der Waals surface area contributed by atoms with Gasteiger partial charge in [-0.2, -0.15) is 13.2 Å². The van der Waals surface area contributed by atoms with Gasteiger partial charge in [-0.15, -0.1) is 0 Å². The second-order valence-corrected chi connectivity index (χ2v) is 6.97. The molecule has 0 atom stereocenters. The fraction of sp³-hybridized carbons (Fsp3) is 0.286. The molecule has 0 fully saturated rings. The van der Waals surface area contributed by atoms with Crippen LogP contribution in [0.2, 0.25) is 0 Å². The minimum Gasteiger partial charge on any atom is -0.325 e. The van der Waals surface area contributed by atoms with Gasteiger partial charge in [0, 0.05) is 13.1 Å². The number of nitrogens with zero attached hydrogens (tertiary/aromatic N) is 3. The molecule has 0 radical (unpaired) electrons. The summed E-state index contributed by atoms with van der Waals surface area (Å²) >= 11 is 0. The van der Waals surface area contributed by atoms with Crippen molar-refractivity contribution in [1.82, 2.24) is 15.1 Å². The Kier molecular flexibility index (Phi) is 7.73. The minimum atomic E-state index is -4.50. The summed E-state index contributed by atoms with van der Waals surface area (Å²) in [5, 5.41) is 2.51. The van der Waals surface area contributed by atoms with Crippen molar-refractivity contribution in [3.8, 4) is 0 Å². The lowest BCUT2D eigenvalue weighted by atomic mass is 10.2. The van der Waals surface area contributed by atoms with E-state index in [0.717, 1.165) is 29.2 Å². The van der Waals surface area contributed by atoms with E-state index in [1.807, 2.05) is 0 Å². The zero-order valence-corrected chi connectivity index (χ0v) is 17.2. The van der Waals surface area contributed by atoms with Crippen molar-refractivity contribution >= 4 is 24.1 Å². The van der Waals surface area contributed by atoms with Crippen LogP contribution in [-0.2, 0) is 17.5 Å². The van der Waals surface area contributed by atoms with Gasteiger partial charge in [-0.05, 0) is 55.8 Å². The maximum absolute atomic E-state index is 13.2. The zero-order chi connectivity index (χ0) is 23.2. The fourth-order valence-electron chi connectivity index (χ4n) is 2.38. The Morgan fingerprint density at radius 3 is 2.16 bits per heavy atom. The van der Waals surface area contributed by atoms with Crippen LogP contribution >= 0.6 is 0 Å². The van der Waals surface area contributed by atoms with Crippen LogP contribution in [0.1, 0.15) is 25.0 Å². The van der Waals surface area contributed by atoms with E-state index >= 15 is 0 Å². The number of hydrogen-bond acceptors (Lipinski definition) is 3. The first-order chi connectivity index (χ1) is 14.5. The molecule has 1 N–H and O–H groups in total. The van der Waals surface area contributed by atoms with Crippen molar-refractivity contribution < 1.29 is 27.2 Å². The van der Waals surface area contributed by atoms with E-state index in [-0.39, 0.29) is 24.2 Å². The molecule has 0 aliphatic rings. The standard InChI is InChI=1S/C21H22F4N4O2/c1-14(2)28(3)20(31)27-19(26-18-10-6-16(7-11-18)21(23,24)25)29(13-30)12-15-4-8-17(22)9-5-15/h4-11,13-14H,12H2,1-3H3,(H,26,27,31). The van der Waals surface area contributed by atoms with Crippen molar-refractivity contribution in [3.63, 3.8) is 0 Å². The lowest BCUT2D eigenvalue weighted by Gasteiger charge is -2.25. The topological polar surface area (TPSA) is 65.0 Å². The van der Waals surface area contributed by atoms with E-state index in [1.54, 1.807) is 20.9 Å². The van der Waals surface area contributed by atoms with Crippen LogP contribution in [0.25, 0.3) is 0 Å². The first-order valence-corrected chi connectivity index (χ1v) is 9.27. The number of amides is 3. The summed E-state index contributed by atoms with van der Waals surface area (Å²) in [6, 6.07) is 8.59. The number of halogens is 4. The zero-order valence-electron chi connectivity index (χ0n) is 17.2. The monoisotopic (exact) mass is 438 g/mol. The molecule has 6 nitrogen and oxygen atoms in total. The lowest BCUT2D eigenvalue weighted by Crippen LogP contribution is -2.49. The van der Waals surface area contributed by atoms with Gasteiger partial charge in [-0.1, -0.05) is 12.1 Å². The summed E-state index contributed by atoms with van der Waals surface area (Å²) in [6.45, 7) is 3.51. The quantitative estimate of drug-likeness (QED) is 0.322. The second-order valence-electron chi connectivity index (χ2n) is 6.97. The highest BCUT2D eigenvalue weighted by molar-refractivity contribution is 6.01. The highest BCUT2D eigenvalue weighted by atomic mass is 19.4. The van der Waals surface area contributed by atoms with Crippen molar-refractivity contribution in [3.05, 3.63) is 65.5 Å². The molecular formula is C21H22F4N4O2. The van der Waals surface area contributed by atoms with E-state index in [0.29, 0.717) is 12.0 Å². The van der Waals surface area contributed by atoms with Crippen LogP contribution in [0.5, 0.6) is 0 Å². The highest BCUT2D eigenvalue weighted by Gasteiger charge is 2.30. The molecule has 10 heteroatoms. The molecule has 0 heterocycles. The molecule has 2 aromatic carbocycles. The Bertz CT molecular complexity index is 926. The maximum atomic E-state index is 13.2. The molecule has 0 saturated heterocycles. The van der Waals surface area contributed by atoms with Crippen molar-refractivity contribution in [2.75, 3.05) is 7.05 Å². The molecule has 3 amide bonds. The highest BCUT2D eigenvalue weighted by Crippen LogP contribution is 2.30. The number of urea groups is 1. The number of hydrogen-bond donors (Lipinski definition) is 1. The average molecular weight is 438 g/mol. The number of aliphatic imine (C=N–C) groups is 1. The van der Waals surface area contributed by atoms with Crippen molar-refractivity contribution in [2.45, 2.75) is 32.6 Å². The van der Waals surface area contributed by atoms with Gasteiger partial charge >= 0.3 is 12.2 Å². The molecule has 0 aliphatic carbocycles. The molecule has 31 heavy (non-hydrogen) atoms. The summed E-state index contributed by atoms with van der Waals surface area (Å²) in [4.78, 5) is 30.8. The lowest BCUT2D eigenvalue weighted by molar-refractivity contribution is -0.137. The fourth-order valence-corrected chi connectivity index (χ4v) is 2.38. The number of nitrogens with one attached hydrogen (secondary N) is 1. The van der Waals surface area contributed by atoms with Gasteiger partial charge in [0.15, 0.2) is 0 Å². The third kappa shape index (κ3) is 6.80. The number of carbonyl (C=O) groups is 2. The van der Waals surface area contributed by atoms with Crippen LogP contribution in [0.3, 0.4) is 0 Å².